The summed E-state index contributed by atoms with van der Waals surface area (Å²) in [5, 5.41) is 0. The summed E-state index contributed by atoms with van der Waals surface area (Å²) in [6.07, 6.45) is 3.46. The first-order chi connectivity index (χ1) is 6.81. The van der Waals surface area contributed by atoms with Crippen molar-refractivity contribution in [1.29, 1.82) is 0 Å². The van der Waals surface area contributed by atoms with E-state index in [1.807, 2.05) is 12.1 Å². The highest BCUT2D eigenvalue weighted by Crippen LogP contribution is 2.20. The van der Waals surface area contributed by atoms with E-state index >= 15 is 0 Å². The van der Waals surface area contributed by atoms with Crippen molar-refractivity contribution >= 4 is 15.9 Å². The van der Waals surface area contributed by atoms with Crippen LogP contribution in [0.25, 0.3) is 11.4 Å². The van der Waals surface area contributed by atoms with Gasteiger partial charge in [-0.15, -0.1) is 0 Å². The summed E-state index contributed by atoms with van der Waals surface area (Å²) in [6, 6.07) is 3.79. The van der Waals surface area contributed by atoms with Crippen LogP contribution in [0.5, 0.6) is 0 Å². The number of aromatic amines is 1. The Morgan fingerprint density at radius 3 is 2.64 bits per heavy atom. The third-order valence-electron chi connectivity index (χ3n) is 1.89. The third-order valence-corrected chi connectivity index (χ3v) is 2.54. The maximum atomic E-state index is 5.53. The van der Waals surface area contributed by atoms with Crippen molar-refractivity contribution in [3.05, 3.63) is 34.8 Å². The van der Waals surface area contributed by atoms with Gasteiger partial charge in [0.2, 0.25) is 0 Å². The van der Waals surface area contributed by atoms with Crippen molar-refractivity contribution in [2.45, 2.75) is 6.54 Å². The first-order valence-corrected chi connectivity index (χ1v) is 4.95. The van der Waals surface area contributed by atoms with E-state index in [9.17, 15) is 0 Å². The summed E-state index contributed by atoms with van der Waals surface area (Å²) in [4.78, 5) is 11.4. The molecule has 5 heteroatoms. The Morgan fingerprint density at radius 2 is 2.07 bits per heavy atom. The molecule has 0 aromatic carbocycles. The molecule has 0 amide bonds. The second-order valence-electron chi connectivity index (χ2n) is 2.79. The van der Waals surface area contributed by atoms with Gasteiger partial charge in [-0.2, -0.15) is 0 Å². The summed E-state index contributed by atoms with van der Waals surface area (Å²) in [6.45, 7) is 0.443. The molecule has 2 aromatic rings. The van der Waals surface area contributed by atoms with E-state index in [1.165, 1.54) is 0 Å². The van der Waals surface area contributed by atoms with Gasteiger partial charge in [-0.05, 0) is 28.1 Å². The zero-order valence-corrected chi connectivity index (χ0v) is 8.95. The Hall–Kier alpha value is -1.20. The van der Waals surface area contributed by atoms with Crippen LogP contribution in [-0.4, -0.2) is 15.0 Å². The normalized spacial score (nSPS) is 10.4. The number of halogens is 1. The van der Waals surface area contributed by atoms with Gasteiger partial charge < -0.3 is 10.7 Å². The highest BCUT2D eigenvalue weighted by molar-refractivity contribution is 9.10. The molecule has 0 fully saturated rings. The Bertz CT molecular complexity index is 424. The number of nitrogens with zero attached hydrogens (tertiary/aromatic N) is 2. The van der Waals surface area contributed by atoms with Gasteiger partial charge in [0, 0.05) is 24.5 Å². The van der Waals surface area contributed by atoms with Crippen LogP contribution in [0.15, 0.2) is 29.1 Å². The second-order valence-corrected chi connectivity index (χ2v) is 3.55. The smallest absolute Gasteiger partial charge is 0.139 e. The molecule has 2 aromatic heterocycles. The molecule has 0 aliphatic rings. The first kappa shape index (κ1) is 9.36. The molecule has 2 rings (SSSR count). The zero-order valence-electron chi connectivity index (χ0n) is 7.37. The van der Waals surface area contributed by atoms with Crippen LogP contribution < -0.4 is 5.73 Å². The van der Waals surface area contributed by atoms with Gasteiger partial charge in [-0.3, -0.25) is 4.98 Å². The van der Waals surface area contributed by atoms with Crippen LogP contribution in [0.1, 0.15) is 5.69 Å². The molecule has 0 unspecified atom stereocenters. The van der Waals surface area contributed by atoms with Crippen LogP contribution >= 0.6 is 15.9 Å². The van der Waals surface area contributed by atoms with E-state index in [0.29, 0.717) is 6.54 Å². The number of aromatic nitrogens is 3. The molecular formula is C9H9BrN4. The fourth-order valence-electron chi connectivity index (χ4n) is 1.17. The molecule has 2 heterocycles. The minimum atomic E-state index is 0.443. The van der Waals surface area contributed by atoms with Crippen molar-refractivity contribution in [3.8, 4) is 11.4 Å². The van der Waals surface area contributed by atoms with Crippen LogP contribution in [0.4, 0.5) is 0 Å². The predicted molar refractivity (Wildman–Crippen MR) is 57.4 cm³/mol. The predicted octanol–water partition coefficient (Wildman–Crippen LogP) is 1.69. The highest BCUT2D eigenvalue weighted by Gasteiger charge is 2.07. The molecule has 0 radical (unpaired) electrons. The van der Waals surface area contributed by atoms with E-state index in [0.717, 1.165) is 21.7 Å². The third kappa shape index (κ3) is 1.69. The fourth-order valence-corrected chi connectivity index (χ4v) is 1.61. The van der Waals surface area contributed by atoms with E-state index in [1.54, 1.807) is 12.4 Å². The lowest BCUT2D eigenvalue weighted by Gasteiger charge is -1.93. The van der Waals surface area contributed by atoms with E-state index in [4.69, 9.17) is 5.73 Å². The molecule has 72 valence electrons. The SMILES string of the molecule is NCc1[nH]c(-c2ccncc2)nc1Br. The Morgan fingerprint density at radius 1 is 1.36 bits per heavy atom. The summed E-state index contributed by atoms with van der Waals surface area (Å²) in [5.74, 6) is 0.805. The van der Waals surface area contributed by atoms with Gasteiger partial charge in [0.05, 0.1) is 5.69 Å². The average molecular weight is 253 g/mol. The van der Waals surface area contributed by atoms with E-state index in [-0.39, 0.29) is 0 Å². The van der Waals surface area contributed by atoms with Crippen molar-refractivity contribution < 1.29 is 0 Å². The molecule has 14 heavy (non-hydrogen) atoms. The number of pyridine rings is 1. The Balaban J connectivity index is 2.43. The molecule has 3 N–H and O–H groups in total. The monoisotopic (exact) mass is 252 g/mol. The van der Waals surface area contributed by atoms with E-state index < -0.39 is 0 Å². The number of imidazole rings is 1. The summed E-state index contributed by atoms with van der Waals surface area (Å²) in [5.41, 5.74) is 7.43. The van der Waals surface area contributed by atoms with Crippen LogP contribution in [-0.2, 0) is 6.54 Å². The number of nitrogens with two attached hydrogens (primary N) is 1. The molecule has 0 atom stereocenters. The second kappa shape index (κ2) is 3.89. The first-order valence-electron chi connectivity index (χ1n) is 4.16. The van der Waals surface area contributed by atoms with E-state index in [2.05, 4.69) is 30.9 Å². The fraction of sp³-hybridized carbons (Fsp3) is 0.111. The molecular weight excluding hydrogens is 244 g/mol. The maximum absolute atomic E-state index is 5.53. The molecule has 0 aliphatic carbocycles. The van der Waals surface area contributed by atoms with Gasteiger partial charge in [0.15, 0.2) is 0 Å². The number of H-pyrrole nitrogens is 1. The zero-order chi connectivity index (χ0) is 9.97. The number of rotatable bonds is 2. The number of hydrogen-bond donors (Lipinski definition) is 2. The lowest BCUT2D eigenvalue weighted by atomic mass is 10.2. The number of hydrogen-bond acceptors (Lipinski definition) is 3. The molecule has 4 nitrogen and oxygen atoms in total. The quantitative estimate of drug-likeness (QED) is 0.855. The molecule has 0 bridgehead atoms. The van der Waals surface area contributed by atoms with Crippen LogP contribution in [0, 0.1) is 0 Å². The molecule has 0 saturated heterocycles. The summed E-state index contributed by atoms with van der Waals surface area (Å²) < 4.78 is 0.770. The topological polar surface area (TPSA) is 67.6 Å². The molecule has 0 spiro atoms. The molecule has 0 aliphatic heterocycles. The van der Waals surface area contributed by atoms with Gasteiger partial charge in [0.1, 0.15) is 10.4 Å². The summed E-state index contributed by atoms with van der Waals surface area (Å²) in [7, 11) is 0. The largest absolute Gasteiger partial charge is 0.340 e. The van der Waals surface area contributed by atoms with Gasteiger partial charge in [0.25, 0.3) is 0 Å². The summed E-state index contributed by atoms with van der Waals surface area (Å²) >= 11 is 3.34. The van der Waals surface area contributed by atoms with Crippen LogP contribution in [0.2, 0.25) is 0 Å². The Kier molecular flexibility index (Phi) is 2.60. The number of nitrogens with one attached hydrogen (secondary N) is 1. The van der Waals surface area contributed by atoms with Crippen molar-refractivity contribution in [3.63, 3.8) is 0 Å². The van der Waals surface area contributed by atoms with Crippen LogP contribution in [0.3, 0.4) is 0 Å². The van der Waals surface area contributed by atoms with Gasteiger partial charge in [-0.25, -0.2) is 4.98 Å². The van der Waals surface area contributed by atoms with Gasteiger partial charge in [-0.1, -0.05) is 0 Å². The minimum Gasteiger partial charge on any atom is -0.340 e. The standard InChI is InChI=1S/C9H9BrN4/c10-8-7(5-11)13-9(14-8)6-1-3-12-4-2-6/h1-4H,5,11H2,(H,13,14). The lowest BCUT2D eigenvalue weighted by molar-refractivity contribution is 1.00. The molecule has 0 saturated carbocycles. The van der Waals surface area contributed by atoms with Crippen molar-refractivity contribution in [2.24, 2.45) is 5.73 Å². The average Bonchev–Trinajstić information content (AvgIpc) is 2.61. The van der Waals surface area contributed by atoms with Gasteiger partial charge >= 0.3 is 0 Å². The van der Waals surface area contributed by atoms with Crippen molar-refractivity contribution in [1.82, 2.24) is 15.0 Å². The Labute approximate surface area is 89.7 Å². The highest BCUT2D eigenvalue weighted by atomic mass is 79.9. The minimum absolute atomic E-state index is 0.443. The maximum Gasteiger partial charge on any atom is 0.139 e. The lowest BCUT2D eigenvalue weighted by Crippen LogP contribution is -1.96. The van der Waals surface area contributed by atoms with Crippen molar-refractivity contribution in [2.75, 3.05) is 0 Å².